The van der Waals surface area contributed by atoms with E-state index < -0.39 is 6.10 Å². The molecule has 3 aromatic heterocycles. The first kappa shape index (κ1) is 19.3. The number of aromatic nitrogens is 2. The number of benzene rings is 2. The number of hydrogen-bond donors (Lipinski definition) is 2. The molecule has 31 heavy (non-hydrogen) atoms. The summed E-state index contributed by atoms with van der Waals surface area (Å²) in [6.07, 6.45) is 1.55. The molecule has 3 heterocycles. The van der Waals surface area contributed by atoms with Gasteiger partial charge in [0.2, 0.25) is 0 Å². The van der Waals surface area contributed by atoms with Gasteiger partial charge in [0, 0.05) is 40.9 Å². The molecule has 5 aromatic rings. The van der Waals surface area contributed by atoms with Gasteiger partial charge in [0.15, 0.2) is 6.10 Å². The molecule has 0 bridgehead atoms. The minimum Gasteiger partial charge on any atom is -0.481 e. The van der Waals surface area contributed by atoms with Crippen LogP contribution < -0.4 is 15.6 Å². The maximum Gasteiger partial charge on any atom is 0.263 e. The van der Waals surface area contributed by atoms with E-state index in [1.54, 1.807) is 23.6 Å². The van der Waals surface area contributed by atoms with Crippen molar-refractivity contribution in [3.63, 3.8) is 0 Å². The summed E-state index contributed by atoms with van der Waals surface area (Å²) in [5.41, 5.74) is 2.26. The lowest BCUT2D eigenvalue weighted by Gasteiger charge is -2.14. The van der Waals surface area contributed by atoms with Gasteiger partial charge in [0.25, 0.3) is 11.5 Å². The lowest BCUT2D eigenvalue weighted by atomic mass is 10.1. The highest BCUT2D eigenvalue weighted by molar-refractivity contribution is 6.18. The molecule has 0 fully saturated rings. The zero-order valence-electron chi connectivity index (χ0n) is 17.0. The van der Waals surface area contributed by atoms with Gasteiger partial charge in [0.05, 0.1) is 16.6 Å². The van der Waals surface area contributed by atoms with Crippen LogP contribution >= 0.6 is 0 Å². The number of rotatable bonds is 6. The van der Waals surface area contributed by atoms with Crippen LogP contribution in [0.5, 0.6) is 5.75 Å². The van der Waals surface area contributed by atoms with Crippen molar-refractivity contribution in [1.82, 2.24) is 14.7 Å². The Labute approximate surface area is 177 Å². The van der Waals surface area contributed by atoms with E-state index in [0.29, 0.717) is 24.1 Å². The molecule has 0 aliphatic carbocycles. The van der Waals surface area contributed by atoms with Gasteiger partial charge in [0.1, 0.15) is 5.75 Å². The second-order valence-corrected chi connectivity index (χ2v) is 7.55. The van der Waals surface area contributed by atoms with Crippen molar-refractivity contribution in [2.75, 3.05) is 13.2 Å². The van der Waals surface area contributed by atoms with Gasteiger partial charge in [-0.2, -0.15) is 0 Å². The minimum atomic E-state index is -0.691. The second kappa shape index (κ2) is 7.52. The third-order valence-corrected chi connectivity index (χ3v) is 5.58. The Balaban J connectivity index is 1.63. The monoisotopic (exact) mass is 415 g/mol. The molecule has 5 rings (SSSR count). The molecule has 0 aliphatic rings. The Hall–Kier alpha value is -3.71. The summed E-state index contributed by atoms with van der Waals surface area (Å²) in [6, 6.07) is 14.9. The van der Waals surface area contributed by atoms with Crippen LogP contribution in [0, 0.1) is 0 Å². The standard InChI is InChI=1S/C24H21N3O4/c1-14(23(29)26-10-4-12-28)31-15-7-8-20-19(13-15)17-9-11-25-21-16-5-2-3-6-18(16)24(30)27(20)22(17)21/h2-3,5-9,11,13-14,28H,4,10,12H2,1H3,(H,26,29)/t14-/m0/s1. The summed E-state index contributed by atoms with van der Waals surface area (Å²) in [4.78, 5) is 30.0. The van der Waals surface area contributed by atoms with Crippen LogP contribution in [0.3, 0.4) is 0 Å². The molecule has 7 heteroatoms. The maximum atomic E-state index is 13.3. The van der Waals surface area contributed by atoms with Crippen molar-refractivity contribution in [2.45, 2.75) is 19.4 Å². The van der Waals surface area contributed by atoms with Crippen molar-refractivity contribution in [2.24, 2.45) is 0 Å². The number of aliphatic hydroxyl groups excluding tert-OH is 1. The number of nitrogens with zero attached hydrogens (tertiary/aromatic N) is 2. The van der Waals surface area contributed by atoms with Crippen LogP contribution in [0.4, 0.5) is 0 Å². The molecular weight excluding hydrogens is 394 g/mol. The number of fused-ring (bicyclic) bond motifs is 5. The van der Waals surface area contributed by atoms with E-state index >= 15 is 0 Å². The third kappa shape index (κ3) is 3.05. The van der Waals surface area contributed by atoms with E-state index in [-0.39, 0.29) is 18.1 Å². The van der Waals surface area contributed by atoms with Crippen LogP contribution in [0.25, 0.3) is 38.1 Å². The summed E-state index contributed by atoms with van der Waals surface area (Å²) in [6.45, 7) is 2.10. The molecule has 1 amide bonds. The van der Waals surface area contributed by atoms with Crippen molar-refractivity contribution in [3.05, 3.63) is 65.1 Å². The number of nitrogens with one attached hydrogen (secondary N) is 1. The van der Waals surface area contributed by atoms with Gasteiger partial charge in [-0.05, 0) is 43.7 Å². The lowest BCUT2D eigenvalue weighted by molar-refractivity contribution is -0.127. The van der Waals surface area contributed by atoms with Crippen molar-refractivity contribution >= 4 is 44.0 Å². The Morgan fingerprint density at radius 1 is 1.13 bits per heavy atom. The van der Waals surface area contributed by atoms with Crippen LogP contribution in [0.2, 0.25) is 0 Å². The topological polar surface area (TPSA) is 92.9 Å². The number of carbonyl (C=O) groups is 1. The molecular formula is C24H21N3O4. The summed E-state index contributed by atoms with van der Waals surface area (Å²) >= 11 is 0. The first-order valence-electron chi connectivity index (χ1n) is 10.2. The first-order valence-corrected chi connectivity index (χ1v) is 10.2. The van der Waals surface area contributed by atoms with Gasteiger partial charge in [-0.15, -0.1) is 0 Å². The highest BCUT2D eigenvalue weighted by Crippen LogP contribution is 2.34. The van der Waals surface area contributed by atoms with Crippen molar-refractivity contribution in [3.8, 4) is 5.75 Å². The van der Waals surface area contributed by atoms with Gasteiger partial charge in [-0.1, -0.05) is 18.2 Å². The van der Waals surface area contributed by atoms with Crippen LogP contribution in [0.15, 0.2) is 59.5 Å². The fraction of sp³-hybridized carbons (Fsp3) is 0.208. The molecule has 7 nitrogen and oxygen atoms in total. The van der Waals surface area contributed by atoms with Gasteiger partial charge in [-0.3, -0.25) is 19.0 Å². The highest BCUT2D eigenvalue weighted by Gasteiger charge is 2.19. The van der Waals surface area contributed by atoms with Crippen molar-refractivity contribution in [1.29, 1.82) is 0 Å². The predicted octanol–water partition coefficient (Wildman–Crippen LogP) is 2.86. The molecule has 0 spiro atoms. The number of amides is 1. The zero-order valence-corrected chi connectivity index (χ0v) is 17.0. The van der Waals surface area contributed by atoms with E-state index in [1.165, 1.54) is 0 Å². The second-order valence-electron chi connectivity index (χ2n) is 7.55. The Bertz CT molecular complexity index is 1490. The van der Waals surface area contributed by atoms with Gasteiger partial charge >= 0.3 is 0 Å². The fourth-order valence-electron chi connectivity index (χ4n) is 4.11. The SMILES string of the molecule is C[C@H](Oc1ccc2c(c1)c1ccnc3c4ccccc4c(=O)n2c13)C(=O)NCCCO. The lowest BCUT2D eigenvalue weighted by Crippen LogP contribution is -2.37. The van der Waals surface area contributed by atoms with Gasteiger partial charge < -0.3 is 15.2 Å². The van der Waals surface area contributed by atoms with Crippen LogP contribution in [-0.2, 0) is 4.79 Å². The quantitative estimate of drug-likeness (QED) is 0.329. The zero-order chi connectivity index (χ0) is 21.5. The number of ether oxygens (including phenoxy) is 1. The normalized spacial score (nSPS) is 12.7. The Morgan fingerprint density at radius 3 is 2.74 bits per heavy atom. The summed E-state index contributed by atoms with van der Waals surface area (Å²) in [5.74, 6) is 0.296. The largest absolute Gasteiger partial charge is 0.481 e. The first-order chi connectivity index (χ1) is 15.1. The Kier molecular flexibility index (Phi) is 4.67. The molecule has 156 valence electrons. The molecule has 0 unspecified atom stereocenters. The van der Waals surface area contributed by atoms with E-state index in [9.17, 15) is 9.59 Å². The van der Waals surface area contributed by atoms with Crippen molar-refractivity contribution < 1.29 is 14.6 Å². The number of hydrogen-bond acceptors (Lipinski definition) is 5. The smallest absolute Gasteiger partial charge is 0.263 e. The summed E-state index contributed by atoms with van der Waals surface area (Å²) in [7, 11) is 0. The van der Waals surface area contributed by atoms with E-state index in [0.717, 1.165) is 32.7 Å². The molecule has 2 aromatic carbocycles. The number of aliphatic hydroxyl groups is 1. The average molecular weight is 415 g/mol. The van der Waals surface area contributed by atoms with Gasteiger partial charge in [-0.25, -0.2) is 0 Å². The third-order valence-electron chi connectivity index (χ3n) is 5.58. The molecule has 0 saturated heterocycles. The Morgan fingerprint density at radius 2 is 1.94 bits per heavy atom. The molecule has 0 aliphatic heterocycles. The van der Waals surface area contributed by atoms with Crippen LogP contribution in [-0.4, -0.2) is 39.7 Å². The number of carbonyl (C=O) groups excluding carboxylic acids is 1. The maximum absolute atomic E-state index is 13.3. The molecule has 1 atom stereocenters. The fourth-order valence-corrected chi connectivity index (χ4v) is 4.11. The van der Waals surface area contributed by atoms with Crippen LogP contribution in [0.1, 0.15) is 13.3 Å². The van der Waals surface area contributed by atoms with E-state index in [2.05, 4.69) is 10.3 Å². The molecule has 2 N–H and O–H groups in total. The predicted molar refractivity (Wildman–Crippen MR) is 120 cm³/mol. The van der Waals surface area contributed by atoms with E-state index in [4.69, 9.17) is 9.84 Å². The highest BCUT2D eigenvalue weighted by atomic mass is 16.5. The number of pyridine rings is 2. The summed E-state index contributed by atoms with van der Waals surface area (Å²) < 4.78 is 7.57. The molecule has 0 saturated carbocycles. The molecule has 0 radical (unpaired) electrons. The van der Waals surface area contributed by atoms with E-state index in [1.807, 2.05) is 42.5 Å². The summed E-state index contributed by atoms with van der Waals surface area (Å²) in [5, 5.41) is 14.8. The average Bonchev–Trinajstić information content (AvgIpc) is 3.12. The minimum absolute atomic E-state index is 0.0235.